The van der Waals surface area contributed by atoms with E-state index in [1.165, 1.54) is 33.3 Å². The second-order valence-corrected chi connectivity index (χ2v) is 6.68. The molecule has 2 aromatic carbocycles. The Hall–Kier alpha value is -2.12. The zero-order valence-corrected chi connectivity index (χ0v) is 13.9. The number of ether oxygens (including phenoxy) is 2. The van der Waals surface area contributed by atoms with Crippen molar-refractivity contribution in [2.24, 2.45) is 0 Å². The van der Waals surface area contributed by atoms with Gasteiger partial charge in [-0.15, -0.1) is 0 Å². The number of hydrogen-bond donors (Lipinski definition) is 1. The summed E-state index contributed by atoms with van der Waals surface area (Å²) in [6.45, 7) is 1.56. The number of halogens is 1. The third kappa shape index (κ3) is 4.00. The molecule has 0 amide bonds. The second-order valence-electron chi connectivity index (χ2n) is 4.91. The monoisotopic (exact) mass is 339 g/mol. The molecule has 0 fully saturated rings. The maximum atomic E-state index is 13.3. The normalized spacial score (nSPS) is 11.3. The molecule has 0 aromatic heterocycles. The van der Waals surface area contributed by atoms with Gasteiger partial charge in [0.15, 0.2) is 0 Å². The van der Waals surface area contributed by atoms with Crippen LogP contribution < -0.4 is 14.2 Å². The minimum absolute atomic E-state index is 0.0175. The standard InChI is InChI=1S/C16H18FNO4S/c1-11-8-14(6-7-15(11)17)23(19,20)18-10-12-4-5-13(21-2)9-16(12)22-3/h4-9,18H,10H2,1-3H3. The van der Waals surface area contributed by atoms with Gasteiger partial charge >= 0.3 is 0 Å². The van der Waals surface area contributed by atoms with Crippen LogP contribution in [0.25, 0.3) is 0 Å². The van der Waals surface area contributed by atoms with Crippen LogP contribution in [0.2, 0.25) is 0 Å². The summed E-state index contributed by atoms with van der Waals surface area (Å²) >= 11 is 0. The summed E-state index contributed by atoms with van der Waals surface area (Å²) in [5, 5.41) is 0. The molecule has 2 aromatic rings. The Kier molecular flexibility index (Phi) is 5.23. The van der Waals surface area contributed by atoms with Gasteiger partial charge in [0.25, 0.3) is 0 Å². The van der Waals surface area contributed by atoms with Crippen molar-refractivity contribution in [1.29, 1.82) is 0 Å². The predicted octanol–water partition coefficient (Wildman–Crippen LogP) is 2.63. The van der Waals surface area contributed by atoms with Crippen molar-refractivity contribution in [3.63, 3.8) is 0 Å². The average molecular weight is 339 g/mol. The summed E-state index contributed by atoms with van der Waals surface area (Å²) in [5.74, 6) is 0.686. The Morgan fingerprint density at radius 1 is 1.09 bits per heavy atom. The van der Waals surface area contributed by atoms with Crippen molar-refractivity contribution in [3.05, 3.63) is 53.3 Å². The lowest BCUT2D eigenvalue weighted by Crippen LogP contribution is -2.23. The fraction of sp³-hybridized carbons (Fsp3) is 0.250. The molecule has 0 saturated heterocycles. The van der Waals surface area contributed by atoms with E-state index in [2.05, 4.69) is 4.72 Å². The Labute approximate surface area is 135 Å². The van der Waals surface area contributed by atoms with E-state index in [-0.39, 0.29) is 17.0 Å². The van der Waals surface area contributed by atoms with E-state index >= 15 is 0 Å². The Bertz CT molecular complexity index is 806. The first-order valence-electron chi connectivity index (χ1n) is 6.84. The van der Waals surface area contributed by atoms with E-state index in [0.717, 1.165) is 6.07 Å². The highest BCUT2D eigenvalue weighted by Gasteiger charge is 2.16. The highest BCUT2D eigenvalue weighted by atomic mass is 32.2. The van der Waals surface area contributed by atoms with Gasteiger partial charge in [-0.25, -0.2) is 17.5 Å². The number of sulfonamides is 1. The van der Waals surface area contributed by atoms with Gasteiger partial charge in [0.2, 0.25) is 10.0 Å². The lowest BCUT2D eigenvalue weighted by molar-refractivity contribution is 0.390. The minimum atomic E-state index is -3.74. The molecule has 2 rings (SSSR count). The summed E-state index contributed by atoms with van der Waals surface area (Å²) in [6.07, 6.45) is 0. The van der Waals surface area contributed by atoms with Gasteiger partial charge in [-0.1, -0.05) is 6.07 Å². The zero-order chi connectivity index (χ0) is 17.0. The lowest BCUT2D eigenvalue weighted by atomic mass is 10.2. The first-order valence-corrected chi connectivity index (χ1v) is 8.32. The molecule has 0 aliphatic heterocycles. The number of rotatable bonds is 6. The lowest BCUT2D eigenvalue weighted by Gasteiger charge is -2.12. The van der Waals surface area contributed by atoms with Crippen molar-refractivity contribution in [1.82, 2.24) is 4.72 Å². The average Bonchev–Trinajstić information content (AvgIpc) is 2.55. The predicted molar refractivity (Wildman–Crippen MR) is 84.7 cm³/mol. The van der Waals surface area contributed by atoms with Crippen LogP contribution in [0.3, 0.4) is 0 Å². The van der Waals surface area contributed by atoms with Gasteiger partial charge in [-0.3, -0.25) is 0 Å². The van der Waals surface area contributed by atoms with Crippen LogP contribution in [0.5, 0.6) is 11.5 Å². The highest BCUT2D eigenvalue weighted by Crippen LogP contribution is 2.25. The number of nitrogens with one attached hydrogen (secondary N) is 1. The van der Waals surface area contributed by atoms with Gasteiger partial charge in [0, 0.05) is 18.2 Å². The molecule has 7 heteroatoms. The molecule has 23 heavy (non-hydrogen) atoms. The van der Waals surface area contributed by atoms with Crippen molar-refractivity contribution in [2.45, 2.75) is 18.4 Å². The molecule has 0 radical (unpaired) electrons. The van der Waals surface area contributed by atoms with E-state index < -0.39 is 15.8 Å². The summed E-state index contributed by atoms with van der Waals surface area (Å²) in [5.41, 5.74) is 0.936. The number of hydrogen-bond acceptors (Lipinski definition) is 4. The largest absolute Gasteiger partial charge is 0.497 e. The van der Waals surface area contributed by atoms with Crippen LogP contribution in [-0.2, 0) is 16.6 Å². The van der Waals surface area contributed by atoms with Crippen LogP contribution in [0, 0.1) is 12.7 Å². The van der Waals surface area contributed by atoms with Crippen LogP contribution in [0.15, 0.2) is 41.3 Å². The van der Waals surface area contributed by atoms with E-state index in [1.54, 1.807) is 18.2 Å². The minimum Gasteiger partial charge on any atom is -0.497 e. The van der Waals surface area contributed by atoms with Gasteiger partial charge in [-0.2, -0.15) is 0 Å². The van der Waals surface area contributed by atoms with Gasteiger partial charge in [-0.05, 0) is 36.8 Å². The molecule has 0 bridgehead atoms. The molecule has 1 N–H and O–H groups in total. The topological polar surface area (TPSA) is 64.6 Å². The maximum absolute atomic E-state index is 13.3. The Balaban J connectivity index is 2.20. The quantitative estimate of drug-likeness (QED) is 0.879. The van der Waals surface area contributed by atoms with Crippen LogP contribution in [0.1, 0.15) is 11.1 Å². The van der Waals surface area contributed by atoms with Crippen molar-refractivity contribution >= 4 is 10.0 Å². The molecule has 0 unspecified atom stereocenters. The molecular weight excluding hydrogens is 321 g/mol. The van der Waals surface area contributed by atoms with E-state index in [0.29, 0.717) is 17.1 Å². The molecule has 0 atom stereocenters. The molecule has 0 heterocycles. The zero-order valence-electron chi connectivity index (χ0n) is 13.1. The fourth-order valence-corrected chi connectivity index (χ4v) is 3.13. The van der Waals surface area contributed by atoms with Crippen molar-refractivity contribution in [3.8, 4) is 11.5 Å². The molecular formula is C16H18FNO4S. The number of aryl methyl sites for hydroxylation is 1. The summed E-state index contributed by atoms with van der Waals surface area (Å²) in [4.78, 5) is 0.0175. The Morgan fingerprint density at radius 2 is 1.83 bits per heavy atom. The summed E-state index contributed by atoms with van der Waals surface area (Å²) in [7, 11) is -0.710. The van der Waals surface area contributed by atoms with Gasteiger partial charge in [0.1, 0.15) is 17.3 Å². The molecule has 124 valence electrons. The third-order valence-electron chi connectivity index (χ3n) is 3.39. The Morgan fingerprint density at radius 3 is 2.43 bits per heavy atom. The van der Waals surface area contributed by atoms with Gasteiger partial charge < -0.3 is 9.47 Å². The number of benzene rings is 2. The summed E-state index contributed by atoms with van der Waals surface area (Å²) < 4.78 is 50.7. The van der Waals surface area contributed by atoms with E-state index in [4.69, 9.17) is 9.47 Å². The first-order chi connectivity index (χ1) is 10.9. The van der Waals surface area contributed by atoms with Crippen LogP contribution >= 0.6 is 0 Å². The first kappa shape index (κ1) is 17.2. The van der Waals surface area contributed by atoms with Crippen LogP contribution in [-0.4, -0.2) is 22.6 Å². The molecule has 0 aliphatic rings. The smallest absolute Gasteiger partial charge is 0.240 e. The summed E-state index contributed by atoms with van der Waals surface area (Å²) in [6, 6.07) is 8.77. The van der Waals surface area contributed by atoms with Gasteiger partial charge in [0.05, 0.1) is 19.1 Å². The molecule has 0 aliphatic carbocycles. The fourth-order valence-electron chi connectivity index (χ4n) is 2.04. The number of methoxy groups -OCH3 is 2. The molecule has 0 saturated carbocycles. The van der Waals surface area contributed by atoms with E-state index in [1.807, 2.05) is 0 Å². The third-order valence-corrected chi connectivity index (χ3v) is 4.79. The van der Waals surface area contributed by atoms with Crippen LogP contribution in [0.4, 0.5) is 4.39 Å². The van der Waals surface area contributed by atoms with Crippen molar-refractivity contribution < 1.29 is 22.3 Å². The maximum Gasteiger partial charge on any atom is 0.240 e. The van der Waals surface area contributed by atoms with Crippen molar-refractivity contribution in [2.75, 3.05) is 14.2 Å². The molecule has 5 nitrogen and oxygen atoms in total. The second kappa shape index (κ2) is 6.97. The van der Waals surface area contributed by atoms with E-state index in [9.17, 15) is 12.8 Å². The highest BCUT2D eigenvalue weighted by molar-refractivity contribution is 7.89. The molecule has 0 spiro atoms. The SMILES string of the molecule is COc1ccc(CNS(=O)(=O)c2ccc(F)c(C)c2)c(OC)c1.